The van der Waals surface area contributed by atoms with Gasteiger partial charge < -0.3 is 19.7 Å². The highest BCUT2D eigenvalue weighted by molar-refractivity contribution is 7.88. The number of benzene rings is 3. The number of nitrogens with one attached hydrogen (secondary N) is 2. The summed E-state index contributed by atoms with van der Waals surface area (Å²) in [5.74, 6) is -0.512. The number of likely N-dealkylation sites (N-methyl/N-ethyl adjacent to an activating group) is 1. The molecule has 0 fully saturated rings. The Bertz CT molecular complexity index is 1560. The first-order valence-electron chi connectivity index (χ1n) is 11.9. The average molecular weight is 535 g/mol. The molecule has 0 amide bonds. The van der Waals surface area contributed by atoms with E-state index in [0.29, 0.717) is 47.7 Å². The van der Waals surface area contributed by atoms with E-state index < -0.39 is 16.0 Å². The number of carbonyl (C=O) groups is 1. The molecule has 198 valence electrons. The smallest absolute Gasteiger partial charge is 0.337 e. The van der Waals surface area contributed by atoms with Gasteiger partial charge in [0.1, 0.15) is 0 Å². The Balaban J connectivity index is 1.64. The number of aromatic amines is 1. The van der Waals surface area contributed by atoms with Gasteiger partial charge in [-0.3, -0.25) is 0 Å². The third-order valence-corrected chi connectivity index (χ3v) is 6.70. The number of methoxy groups -OCH3 is 1. The lowest BCUT2D eigenvalue weighted by molar-refractivity contribution is 0.0601. The van der Waals surface area contributed by atoms with Gasteiger partial charge in [-0.25, -0.2) is 22.9 Å². The minimum Gasteiger partial charge on any atom is -0.494 e. The van der Waals surface area contributed by atoms with Gasteiger partial charge in [-0.05, 0) is 36.9 Å². The molecule has 0 spiro atoms. The summed E-state index contributed by atoms with van der Waals surface area (Å²) in [5, 5.41) is 11.6. The van der Waals surface area contributed by atoms with Crippen molar-refractivity contribution >= 4 is 38.3 Å². The molecule has 4 aromatic rings. The number of rotatable bonds is 10. The Morgan fingerprint density at radius 2 is 1.76 bits per heavy atom. The number of carbonyl (C=O) groups excluding carboxylic acids is 1. The monoisotopic (exact) mass is 534 g/mol. The third kappa shape index (κ3) is 6.65. The standard InChI is InChI=1S/C28H30N4O5S/c1-32(16-15-29-38(3,35)36)18-19-9-12-22(13-10-19)30-26(20-7-5-4-6-8-20)25-23-14-11-21(28(34)37-2)17-24(23)31-27(25)33/h4-14,17,29,31,33H,15-16,18H2,1-3H3. The predicted molar refractivity (Wildman–Crippen MR) is 149 cm³/mol. The van der Waals surface area contributed by atoms with Crippen molar-refractivity contribution in [1.29, 1.82) is 0 Å². The zero-order chi connectivity index (χ0) is 27.3. The highest BCUT2D eigenvalue weighted by Crippen LogP contribution is 2.32. The van der Waals surface area contributed by atoms with Gasteiger partial charge in [0.2, 0.25) is 10.0 Å². The van der Waals surface area contributed by atoms with E-state index in [1.807, 2.05) is 66.5 Å². The van der Waals surface area contributed by atoms with Crippen molar-refractivity contribution in [1.82, 2.24) is 14.6 Å². The zero-order valence-electron chi connectivity index (χ0n) is 21.4. The number of ether oxygens (including phenoxy) is 1. The number of hydrogen-bond donors (Lipinski definition) is 3. The normalized spacial score (nSPS) is 12.3. The Morgan fingerprint density at radius 3 is 2.42 bits per heavy atom. The fourth-order valence-corrected chi connectivity index (χ4v) is 4.61. The summed E-state index contributed by atoms with van der Waals surface area (Å²) in [7, 11) is 0.0411. The first-order chi connectivity index (χ1) is 18.1. The van der Waals surface area contributed by atoms with E-state index in [1.165, 1.54) is 7.11 Å². The van der Waals surface area contributed by atoms with Crippen LogP contribution in [0.1, 0.15) is 27.0 Å². The number of nitrogens with zero attached hydrogens (tertiary/aromatic N) is 2. The second-order valence-electron chi connectivity index (χ2n) is 9.00. The highest BCUT2D eigenvalue weighted by Gasteiger charge is 2.20. The van der Waals surface area contributed by atoms with E-state index in [9.17, 15) is 18.3 Å². The van der Waals surface area contributed by atoms with Crippen LogP contribution in [0.2, 0.25) is 0 Å². The Kier molecular flexibility index (Phi) is 8.26. The van der Waals surface area contributed by atoms with Gasteiger partial charge in [-0.15, -0.1) is 0 Å². The van der Waals surface area contributed by atoms with Crippen LogP contribution in [-0.2, 0) is 21.3 Å². The Morgan fingerprint density at radius 1 is 1.05 bits per heavy atom. The van der Waals surface area contributed by atoms with Crippen molar-refractivity contribution in [3.05, 3.63) is 95.1 Å². The molecule has 0 saturated carbocycles. The molecule has 9 nitrogen and oxygen atoms in total. The molecule has 0 saturated heterocycles. The van der Waals surface area contributed by atoms with E-state index in [4.69, 9.17) is 9.73 Å². The fourth-order valence-electron chi connectivity index (χ4n) is 4.15. The molecule has 0 aliphatic rings. The summed E-state index contributed by atoms with van der Waals surface area (Å²) >= 11 is 0. The van der Waals surface area contributed by atoms with Gasteiger partial charge in [0.25, 0.3) is 0 Å². The molecular weight excluding hydrogens is 504 g/mol. The molecule has 0 aliphatic carbocycles. The quantitative estimate of drug-likeness (QED) is 0.210. The van der Waals surface area contributed by atoms with Crippen molar-refractivity contribution in [2.45, 2.75) is 6.54 Å². The Hall–Kier alpha value is -3.99. The van der Waals surface area contributed by atoms with E-state index in [0.717, 1.165) is 22.8 Å². The van der Waals surface area contributed by atoms with Crippen molar-refractivity contribution in [3.63, 3.8) is 0 Å². The number of hydrogen-bond acceptors (Lipinski definition) is 7. The fraction of sp³-hybridized carbons (Fsp3) is 0.214. The van der Waals surface area contributed by atoms with Crippen LogP contribution in [0.5, 0.6) is 5.88 Å². The van der Waals surface area contributed by atoms with Gasteiger partial charge in [-0.2, -0.15) is 0 Å². The number of esters is 1. The van der Waals surface area contributed by atoms with E-state index >= 15 is 0 Å². The summed E-state index contributed by atoms with van der Waals surface area (Å²) in [5.41, 5.74) is 4.65. The molecule has 0 radical (unpaired) electrons. The summed E-state index contributed by atoms with van der Waals surface area (Å²) < 4.78 is 29.8. The molecule has 0 atom stereocenters. The van der Waals surface area contributed by atoms with Gasteiger partial charge in [0, 0.05) is 36.1 Å². The Labute approximate surface area is 221 Å². The number of sulfonamides is 1. The molecule has 0 aliphatic heterocycles. The maximum atomic E-state index is 12.0. The minimum absolute atomic E-state index is 0.0504. The van der Waals surface area contributed by atoms with E-state index in [1.54, 1.807) is 18.2 Å². The molecule has 0 unspecified atom stereocenters. The molecule has 3 aromatic carbocycles. The number of aromatic nitrogens is 1. The van der Waals surface area contributed by atoms with Crippen molar-refractivity contribution in [2.24, 2.45) is 4.99 Å². The lowest BCUT2D eigenvalue weighted by Gasteiger charge is -2.16. The second kappa shape index (κ2) is 11.6. The average Bonchev–Trinajstić information content (AvgIpc) is 3.22. The number of fused-ring (bicyclic) bond motifs is 1. The minimum atomic E-state index is -3.21. The molecule has 0 bridgehead atoms. The van der Waals surface area contributed by atoms with Gasteiger partial charge in [0.05, 0.1) is 35.9 Å². The van der Waals surface area contributed by atoms with Crippen LogP contribution in [0.3, 0.4) is 0 Å². The molecule has 1 aromatic heterocycles. The van der Waals surface area contributed by atoms with Crippen LogP contribution in [0, 0.1) is 0 Å². The largest absolute Gasteiger partial charge is 0.494 e. The second-order valence-corrected chi connectivity index (χ2v) is 10.8. The molecule has 38 heavy (non-hydrogen) atoms. The van der Waals surface area contributed by atoms with Gasteiger partial charge >= 0.3 is 5.97 Å². The number of aromatic hydroxyl groups is 1. The highest BCUT2D eigenvalue weighted by atomic mass is 32.2. The van der Waals surface area contributed by atoms with Crippen LogP contribution in [0.4, 0.5) is 5.69 Å². The third-order valence-electron chi connectivity index (χ3n) is 5.97. The summed E-state index contributed by atoms with van der Waals surface area (Å²) in [6.45, 7) is 1.56. The predicted octanol–water partition coefficient (Wildman–Crippen LogP) is 3.81. The van der Waals surface area contributed by atoms with Crippen molar-refractivity contribution in [3.8, 4) is 5.88 Å². The summed E-state index contributed by atoms with van der Waals surface area (Å²) in [6, 6.07) is 22.4. The van der Waals surface area contributed by atoms with Crippen molar-refractivity contribution in [2.75, 3.05) is 33.5 Å². The number of aliphatic imine (C=N–C) groups is 1. The zero-order valence-corrected chi connectivity index (χ0v) is 22.2. The summed E-state index contributed by atoms with van der Waals surface area (Å²) in [6.07, 6.45) is 1.14. The van der Waals surface area contributed by atoms with Crippen molar-refractivity contribution < 1.29 is 23.1 Å². The topological polar surface area (TPSA) is 124 Å². The SMILES string of the molecule is COC(=O)c1ccc2c(C(=Nc3ccc(CN(C)CCNS(C)(=O)=O)cc3)c3ccccc3)c(O)[nH]c2c1. The van der Waals surface area contributed by atoms with Crippen LogP contribution >= 0.6 is 0 Å². The lowest BCUT2D eigenvalue weighted by atomic mass is 10.00. The van der Waals surface area contributed by atoms with Gasteiger partial charge in [-0.1, -0.05) is 48.5 Å². The molecule has 4 rings (SSSR count). The van der Waals surface area contributed by atoms with Gasteiger partial charge in [0.15, 0.2) is 5.88 Å². The first kappa shape index (κ1) is 27.1. The maximum Gasteiger partial charge on any atom is 0.337 e. The molecule has 10 heteroatoms. The number of H-pyrrole nitrogens is 1. The molecule has 1 heterocycles. The van der Waals surface area contributed by atoms with Crippen LogP contribution < -0.4 is 4.72 Å². The van der Waals surface area contributed by atoms with Crippen LogP contribution in [0.15, 0.2) is 77.8 Å². The van der Waals surface area contributed by atoms with Crippen LogP contribution in [-0.4, -0.2) is 68.6 Å². The molecular formula is C28H30N4O5S. The summed E-state index contributed by atoms with van der Waals surface area (Å²) in [4.78, 5) is 21.9. The first-order valence-corrected chi connectivity index (χ1v) is 13.8. The van der Waals surface area contributed by atoms with E-state index in [2.05, 4.69) is 9.71 Å². The lowest BCUT2D eigenvalue weighted by Crippen LogP contribution is -2.32. The molecule has 3 N–H and O–H groups in total. The van der Waals surface area contributed by atoms with Crippen LogP contribution in [0.25, 0.3) is 10.9 Å². The van der Waals surface area contributed by atoms with E-state index in [-0.39, 0.29) is 5.88 Å². The maximum absolute atomic E-state index is 12.0.